The fourth-order valence-electron chi connectivity index (χ4n) is 8.35. The van der Waals surface area contributed by atoms with Crippen LogP contribution in [-0.2, 0) is 19.1 Å². The maximum absolute atomic E-state index is 15.1. The summed E-state index contributed by atoms with van der Waals surface area (Å²) in [5.41, 5.74) is -1.19. The maximum Gasteiger partial charge on any atom is 0.249 e. The number of carbonyl (C=O) groups excluding carboxylic acids is 3. The molecule has 9 heteroatoms. The van der Waals surface area contributed by atoms with Gasteiger partial charge in [0.05, 0.1) is 30.6 Å². The van der Waals surface area contributed by atoms with Crippen LogP contribution in [0.3, 0.4) is 0 Å². The van der Waals surface area contributed by atoms with E-state index in [-0.39, 0.29) is 47.0 Å². The van der Waals surface area contributed by atoms with Crippen LogP contribution in [0.4, 0.5) is 5.69 Å². The number of anilines is 1. The number of aliphatic hydroxyl groups excluding tert-OH is 1. The number of hydrogen-bond donors (Lipinski definition) is 1. The number of carbonyl (C=O) groups is 3. The summed E-state index contributed by atoms with van der Waals surface area (Å²) in [4.78, 5) is 49.4. The molecule has 3 aliphatic rings. The fourth-order valence-corrected chi connectivity index (χ4v) is 9.29. The predicted molar refractivity (Wildman–Crippen MR) is 182 cm³/mol. The molecule has 3 amide bonds. The molecule has 0 saturated carbocycles. The van der Waals surface area contributed by atoms with Gasteiger partial charge in [-0.3, -0.25) is 14.4 Å². The standard InChI is InChI=1S/C36H52BrN3O5/c1-10-18-38(24-16-14-13-15-17-24)31(42)27-28-32(43)40(26(21-41)23(4)12-3)30(36(28)20-25(37)29(27)45-36)33(44)39(19-11-2)35(8,9)22-34(5,6)7/h10-11,13-17,23,25-30,41H,1-2,12,18-22H2,3-9H3/t23-,25?,26-,27-,28-,29-,30?,36?/m0/s1. The van der Waals surface area contributed by atoms with Crippen LogP contribution in [0.15, 0.2) is 55.6 Å². The summed E-state index contributed by atoms with van der Waals surface area (Å²) in [6, 6.07) is 7.73. The van der Waals surface area contributed by atoms with Crippen molar-refractivity contribution in [3.05, 3.63) is 55.6 Å². The molecule has 0 radical (unpaired) electrons. The zero-order chi connectivity index (χ0) is 33.5. The average Bonchev–Trinajstić information content (AvgIpc) is 3.56. The Labute approximate surface area is 278 Å². The van der Waals surface area contributed by atoms with Gasteiger partial charge in [0, 0.05) is 29.1 Å². The minimum absolute atomic E-state index is 0.0770. The van der Waals surface area contributed by atoms with Crippen molar-refractivity contribution in [2.75, 3.05) is 24.6 Å². The molecule has 2 bridgehead atoms. The smallest absolute Gasteiger partial charge is 0.249 e. The van der Waals surface area contributed by atoms with Crippen LogP contribution in [0.1, 0.15) is 67.7 Å². The first kappa shape index (κ1) is 35.4. The molecule has 3 saturated heterocycles. The molecule has 1 aromatic carbocycles. The van der Waals surface area contributed by atoms with Crippen molar-refractivity contribution in [2.45, 2.75) is 102 Å². The number of fused-ring (bicyclic) bond motifs is 1. The Hall–Kier alpha value is -2.49. The van der Waals surface area contributed by atoms with Crippen LogP contribution in [0.25, 0.3) is 0 Å². The minimum Gasteiger partial charge on any atom is -0.394 e. The molecule has 8 atom stereocenters. The summed E-state index contributed by atoms with van der Waals surface area (Å²) >= 11 is 3.80. The second-order valence-corrected chi connectivity index (χ2v) is 16.1. The van der Waals surface area contributed by atoms with E-state index in [2.05, 4.69) is 49.9 Å². The number of halogens is 1. The lowest BCUT2D eigenvalue weighted by Crippen LogP contribution is -2.63. The fraction of sp³-hybridized carbons (Fsp3) is 0.639. The van der Waals surface area contributed by atoms with Crippen LogP contribution in [0.5, 0.6) is 0 Å². The number of amides is 3. The number of ether oxygens (including phenoxy) is 1. The summed E-state index contributed by atoms with van der Waals surface area (Å²) in [6.07, 6.45) is 4.61. The number of aliphatic hydroxyl groups is 1. The predicted octanol–water partition coefficient (Wildman–Crippen LogP) is 5.59. The number of para-hydroxylation sites is 1. The highest BCUT2D eigenvalue weighted by Gasteiger charge is 2.77. The normalized spacial score (nSPS) is 28.9. The van der Waals surface area contributed by atoms with Crippen molar-refractivity contribution >= 4 is 39.3 Å². The van der Waals surface area contributed by atoms with E-state index in [1.807, 2.05) is 62.9 Å². The summed E-state index contributed by atoms with van der Waals surface area (Å²) in [5, 5.41) is 10.8. The van der Waals surface area contributed by atoms with E-state index < -0.39 is 41.2 Å². The van der Waals surface area contributed by atoms with Gasteiger partial charge < -0.3 is 24.5 Å². The van der Waals surface area contributed by atoms with Crippen LogP contribution in [0, 0.1) is 23.2 Å². The van der Waals surface area contributed by atoms with Gasteiger partial charge in [-0.05, 0) is 50.2 Å². The van der Waals surface area contributed by atoms with Crippen molar-refractivity contribution in [2.24, 2.45) is 23.2 Å². The lowest BCUT2D eigenvalue weighted by molar-refractivity contribution is -0.156. The zero-order valence-electron chi connectivity index (χ0n) is 28.0. The van der Waals surface area contributed by atoms with Crippen LogP contribution in [-0.4, -0.2) is 86.5 Å². The topological polar surface area (TPSA) is 90.4 Å². The van der Waals surface area contributed by atoms with E-state index in [0.717, 1.165) is 0 Å². The second-order valence-electron chi connectivity index (χ2n) is 14.9. The molecule has 1 N–H and O–H groups in total. The van der Waals surface area contributed by atoms with E-state index in [1.54, 1.807) is 22.0 Å². The molecule has 3 unspecified atom stereocenters. The van der Waals surface area contributed by atoms with E-state index in [4.69, 9.17) is 4.74 Å². The Balaban J connectivity index is 1.88. The van der Waals surface area contributed by atoms with E-state index in [0.29, 0.717) is 31.5 Å². The maximum atomic E-state index is 15.1. The van der Waals surface area contributed by atoms with Gasteiger partial charge in [-0.15, -0.1) is 13.2 Å². The van der Waals surface area contributed by atoms with Crippen molar-refractivity contribution in [1.82, 2.24) is 9.80 Å². The molecule has 3 fully saturated rings. The summed E-state index contributed by atoms with van der Waals surface area (Å²) in [6.45, 7) is 22.6. The monoisotopic (exact) mass is 685 g/mol. The van der Waals surface area contributed by atoms with Crippen molar-refractivity contribution in [3.8, 4) is 0 Å². The number of alkyl halides is 1. The van der Waals surface area contributed by atoms with Gasteiger partial charge in [0.1, 0.15) is 11.6 Å². The molecule has 3 heterocycles. The SMILES string of the molecule is C=CCN(C(=O)[C@H]1[C@H]2C(=O)N([C@@H](CO)[C@@H](C)CC)C(C(=O)N(CC=C)C(C)(C)CC(C)(C)C)C23CC(Br)[C@@H]1O3)c1ccccc1. The van der Waals surface area contributed by atoms with Gasteiger partial charge in [0.15, 0.2) is 0 Å². The third-order valence-corrected chi connectivity index (χ3v) is 10.9. The summed E-state index contributed by atoms with van der Waals surface area (Å²) in [5.74, 6) is -2.55. The molecule has 248 valence electrons. The van der Waals surface area contributed by atoms with Crippen LogP contribution < -0.4 is 4.90 Å². The molecule has 8 nitrogen and oxygen atoms in total. The van der Waals surface area contributed by atoms with Crippen LogP contribution >= 0.6 is 15.9 Å². The minimum atomic E-state index is -1.23. The first-order chi connectivity index (χ1) is 21.1. The Kier molecular flexibility index (Phi) is 10.5. The number of hydrogen-bond acceptors (Lipinski definition) is 5. The van der Waals surface area contributed by atoms with Gasteiger partial charge in [0.25, 0.3) is 0 Å². The molecule has 1 spiro atoms. The van der Waals surface area contributed by atoms with Crippen molar-refractivity contribution in [3.63, 3.8) is 0 Å². The van der Waals surface area contributed by atoms with E-state index >= 15 is 4.79 Å². The van der Waals surface area contributed by atoms with Gasteiger partial charge in [-0.25, -0.2) is 0 Å². The third kappa shape index (κ3) is 6.29. The largest absolute Gasteiger partial charge is 0.394 e. The van der Waals surface area contributed by atoms with Gasteiger partial charge in [-0.2, -0.15) is 0 Å². The van der Waals surface area contributed by atoms with E-state index in [1.165, 1.54) is 0 Å². The molecule has 3 aliphatic heterocycles. The first-order valence-corrected chi connectivity index (χ1v) is 17.2. The highest BCUT2D eigenvalue weighted by atomic mass is 79.9. The van der Waals surface area contributed by atoms with Crippen molar-refractivity contribution in [1.29, 1.82) is 0 Å². The lowest BCUT2D eigenvalue weighted by Gasteiger charge is -2.47. The Morgan fingerprint density at radius 1 is 1.13 bits per heavy atom. The Morgan fingerprint density at radius 3 is 2.29 bits per heavy atom. The highest BCUT2D eigenvalue weighted by Crippen LogP contribution is 2.61. The zero-order valence-corrected chi connectivity index (χ0v) is 29.6. The molecule has 1 aromatic rings. The van der Waals surface area contributed by atoms with E-state index in [9.17, 15) is 14.7 Å². The first-order valence-electron chi connectivity index (χ1n) is 16.2. The number of nitrogens with zero attached hydrogens (tertiary/aromatic N) is 3. The molecular weight excluding hydrogens is 634 g/mol. The molecule has 0 aromatic heterocycles. The third-order valence-electron chi connectivity index (χ3n) is 10.0. The van der Waals surface area contributed by atoms with Gasteiger partial charge in [0.2, 0.25) is 17.7 Å². The van der Waals surface area contributed by atoms with Gasteiger partial charge in [-0.1, -0.05) is 87.3 Å². The number of benzene rings is 1. The second kappa shape index (κ2) is 13.3. The average molecular weight is 687 g/mol. The number of rotatable bonds is 13. The molecule has 0 aliphatic carbocycles. The van der Waals surface area contributed by atoms with Crippen LogP contribution in [0.2, 0.25) is 0 Å². The molecular formula is C36H52BrN3O5. The number of likely N-dealkylation sites (tertiary alicyclic amines) is 1. The summed E-state index contributed by atoms with van der Waals surface area (Å²) in [7, 11) is 0. The molecule has 45 heavy (non-hydrogen) atoms. The molecule has 4 rings (SSSR count). The van der Waals surface area contributed by atoms with Crippen molar-refractivity contribution < 1.29 is 24.2 Å². The summed E-state index contributed by atoms with van der Waals surface area (Å²) < 4.78 is 6.84. The highest BCUT2D eigenvalue weighted by molar-refractivity contribution is 9.09. The quantitative estimate of drug-likeness (QED) is 0.216. The Morgan fingerprint density at radius 2 is 1.76 bits per heavy atom. The lowest BCUT2D eigenvalue weighted by atomic mass is 9.69. The van der Waals surface area contributed by atoms with Gasteiger partial charge >= 0.3 is 0 Å². The Bertz CT molecular complexity index is 1280.